The number of benzene rings is 2. The molecular weight excluding hydrogens is 684 g/mol. The Morgan fingerprint density at radius 2 is 1.84 bits per heavy atom. The third kappa shape index (κ3) is 4.96. The SMILES string of the molecule is Cc1cc2c(cc1C)[n+](CC(=O)c1cccc(Br)c1)cn2[C@@H]1CC[C@@]2(C)C(=CC[C@H]3[C@@H]4C[C@@H]5O[C@]6(CC[C@@H](C)CO6)[C@@H](C)[C@@H]5[C@@]4(C)CC[C@@H]32)C1. The number of imidazole rings is 1. The summed E-state index contributed by atoms with van der Waals surface area (Å²) in [5.74, 6) is 3.81. The normalized spacial score (nSPS) is 40.7. The summed E-state index contributed by atoms with van der Waals surface area (Å²) in [4.78, 5) is 13.5. The lowest BCUT2D eigenvalue weighted by Gasteiger charge is -2.58. The molecule has 2 aromatic carbocycles. The van der Waals surface area contributed by atoms with E-state index in [-0.39, 0.29) is 17.0 Å². The number of rotatable bonds is 4. The molecule has 9 rings (SSSR count). The third-order valence-electron chi connectivity index (χ3n) is 15.6. The molecule has 5 nitrogen and oxygen atoms in total. The van der Waals surface area contributed by atoms with Gasteiger partial charge in [-0.25, -0.2) is 9.13 Å². The van der Waals surface area contributed by atoms with Gasteiger partial charge in [0, 0.05) is 28.8 Å². The van der Waals surface area contributed by atoms with E-state index >= 15 is 0 Å². The number of aryl methyl sites for hydroxylation is 2. The molecule has 2 saturated heterocycles. The third-order valence-corrected chi connectivity index (χ3v) is 16.1. The maximum Gasteiger partial charge on any atom is 0.245 e. The number of carbonyl (C=O) groups excluding carboxylic acids is 1. The number of Topliss-reactive ketones (excluding diaryl/α,β-unsaturated/α-hetero) is 1. The lowest BCUT2D eigenvalue weighted by Crippen LogP contribution is -2.52. The highest BCUT2D eigenvalue weighted by Gasteiger charge is 2.68. The van der Waals surface area contributed by atoms with Gasteiger partial charge in [0.25, 0.3) is 0 Å². The second-order valence-corrected chi connectivity index (χ2v) is 19.1. The van der Waals surface area contributed by atoms with Gasteiger partial charge in [-0.3, -0.25) is 4.79 Å². The summed E-state index contributed by atoms with van der Waals surface area (Å²) in [7, 11) is 0. The summed E-state index contributed by atoms with van der Waals surface area (Å²) in [6.07, 6.45) is 16.3. The molecule has 3 saturated carbocycles. The zero-order valence-electron chi connectivity index (χ0n) is 31.0. The van der Waals surface area contributed by atoms with Gasteiger partial charge in [-0.05, 0) is 135 Å². The van der Waals surface area contributed by atoms with Crippen LogP contribution in [0, 0.1) is 60.2 Å². The number of ether oxygens (including phenoxy) is 2. The molecule has 0 unspecified atom stereocenters. The van der Waals surface area contributed by atoms with Crippen LogP contribution in [0.5, 0.6) is 0 Å². The zero-order valence-corrected chi connectivity index (χ0v) is 32.6. The van der Waals surface area contributed by atoms with Crippen LogP contribution in [-0.4, -0.2) is 28.8 Å². The minimum absolute atomic E-state index is 0.141. The molecule has 266 valence electrons. The molecule has 50 heavy (non-hydrogen) atoms. The first-order chi connectivity index (χ1) is 23.9. The van der Waals surface area contributed by atoms with E-state index in [1.165, 1.54) is 61.6 Å². The number of hydrogen-bond donors (Lipinski definition) is 0. The maximum absolute atomic E-state index is 13.5. The Balaban J connectivity index is 0.976. The second-order valence-electron chi connectivity index (χ2n) is 18.2. The quantitative estimate of drug-likeness (QED) is 0.152. The lowest BCUT2D eigenvalue weighted by molar-refractivity contribution is -0.658. The molecule has 11 atom stereocenters. The van der Waals surface area contributed by atoms with Gasteiger partial charge < -0.3 is 9.47 Å². The van der Waals surface area contributed by atoms with Crippen LogP contribution in [-0.2, 0) is 16.0 Å². The van der Waals surface area contributed by atoms with E-state index in [1.54, 1.807) is 5.57 Å². The van der Waals surface area contributed by atoms with Crippen molar-refractivity contribution in [2.45, 2.75) is 124 Å². The maximum atomic E-state index is 13.5. The van der Waals surface area contributed by atoms with Crippen LogP contribution < -0.4 is 4.57 Å². The average Bonchev–Trinajstić information content (AvgIpc) is 3.68. The van der Waals surface area contributed by atoms with E-state index in [9.17, 15) is 4.79 Å². The van der Waals surface area contributed by atoms with Crippen LogP contribution in [0.2, 0.25) is 0 Å². The lowest BCUT2D eigenvalue weighted by atomic mass is 9.46. The Hall–Kier alpha value is -2.28. The van der Waals surface area contributed by atoms with E-state index < -0.39 is 0 Å². The fourth-order valence-electron chi connectivity index (χ4n) is 12.7. The summed E-state index contributed by atoms with van der Waals surface area (Å²) < 4.78 is 19.3. The van der Waals surface area contributed by atoms with Crippen molar-refractivity contribution in [2.24, 2.45) is 46.3 Å². The Labute approximate surface area is 307 Å². The van der Waals surface area contributed by atoms with Gasteiger partial charge in [-0.15, -0.1) is 0 Å². The minimum Gasteiger partial charge on any atom is -0.349 e. The molecule has 5 fully saturated rings. The number of hydrogen-bond acceptors (Lipinski definition) is 3. The van der Waals surface area contributed by atoms with Crippen LogP contribution in [0.25, 0.3) is 11.0 Å². The van der Waals surface area contributed by atoms with Crippen molar-refractivity contribution in [3.05, 3.63) is 75.5 Å². The number of ketones is 1. The number of aromatic nitrogens is 2. The molecule has 2 aliphatic heterocycles. The molecule has 6 aliphatic rings. The Bertz CT molecular complexity index is 1890. The van der Waals surface area contributed by atoms with Crippen LogP contribution in [0.4, 0.5) is 0 Å². The Morgan fingerprint density at radius 3 is 2.62 bits per heavy atom. The minimum atomic E-state index is -0.333. The highest BCUT2D eigenvalue weighted by Crippen LogP contribution is 2.71. The first-order valence-corrected chi connectivity index (χ1v) is 20.5. The van der Waals surface area contributed by atoms with E-state index in [0.29, 0.717) is 41.9 Å². The molecule has 3 heterocycles. The van der Waals surface area contributed by atoms with Gasteiger partial charge in [0.15, 0.2) is 23.4 Å². The van der Waals surface area contributed by atoms with Crippen LogP contribution in [0.3, 0.4) is 0 Å². The predicted molar refractivity (Wildman–Crippen MR) is 201 cm³/mol. The smallest absolute Gasteiger partial charge is 0.245 e. The molecule has 6 heteroatoms. The van der Waals surface area contributed by atoms with Gasteiger partial charge in [0.05, 0.1) is 12.7 Å². The van der Waals surface area contributed by atoms with Gasteiger partial charge in [0.2, 0.25) is 12.1 Å². The van der Waals surface area contributed by atoms with Crippen molar-refractivity contribution >= 4 is 32.7 Å². The van der Waals surface area contributed by atoms with Crippen molar-refractivity contribution in [1.82, 2.24) is 4.57 Å². The number of halogens is 1. The molecular formula is C44H56BrN2O3+. The van der Waals surface area contributed by atoms with Gasteiger partial charge >= 0.3 is 0 Å². The summed E-state index contributed by atoms with van der Waals surface area (Å²) >= 11 is 3.55. The van der Waals surface area contributed by atoms with E-state index in [2.05, 4.69) is 91.1 Å². The standard InChI is InChI=1S/C44H56BrN2O3/c1-26-12-17-44(49-24-26)29(4)41-40(50-44)22-36-34-11-10-31-21-33(13-15-42(31,5)35(34)14-16-43(36,41)6)47-25-46(37-18-27(2)28(3)19-38(37)47)23-39(48)30-8-7-9-32(45)20-30/h7-10,18-20,25-26,29,33-36,40-41H,11-17,21-24H2,1-6H3/q+1/t26-,29+,33-,34-,35+,36+,40+,41+,42+,43+,44-/m1/s1. The summed E-state index contributed by atoms with van der Waals surface area (Å²) in [6, 6.07) is 12.8. The Kier molecular flexibility index (Phi) is 7.96. The van der Waals surface area contributed by atoms with Crippen LogP contribution >= 0.6 is 15.9 Å². The van der Waals surface area contributed by atoms with Crippen molar-refractivity contribution < 1.29 is 18.8 Å². The first kappa shape index (κ1) is 33.5. The second kappa shape index (κ2) is 11.9. The highest BCUT2D eigenvalue weighted by atomic mass is 79.9. The van der Waals surface area contributed by atoms with Gasteiger partial charge in [0.1, 0.15) is 6.04 Å². The summed E-state index contributed by atoms with van der Waals surface area (Å²) in [5.41, 5.74) is 8.07. The molecule has 1 aromatic heterocycles. The van der Waals surface area contributed by atoms with Crippen molar-refractivity contribution in [1.29, 1.82) is 0 Å². The molecule has 0 amide bonds. The number of nitrogens with zero attached hydrogens (tertiary/aromatic N) is 2. The van der Waals surface area contributed by atoms with E-state index in [0.717, 1.165) is 52.8 Å². The highest BCUT2D eigenvalue weighted by molar-refractivity contribution is 9.10. The first-order valence-electron chi connectivity index (χ1n) is 19.7. The van der Waals surface area contributed by atoms with Crippen molar-refractivity contribution in [3.63, 3.8) is 0 Å². The number of carbonyl (C=O) groups is 1. The van der Waals surface area contributed by atoms with Crippen LogP contribution in [0.1, 0.15) is 113 Å². The fraction of sp³-hybridized carbons (Fsp3) is 0.636. The summed E-state index contributed by atoms with van der Waals surface area (Å²) in [6.45, 7) is 15.7. The number of allylic oxidation sites excluding steroid dienone is 2. The molecule has 3 aromatic rings. The molecule has 0 radical (unpaired) electrons. The van der Waals surface area contributed by atoms with Gasteiger partial charge in [-0.2, -0.15) is 0 Å². The van der Waals surface area contributed by atoms with E-state index in [4.69, 9.17) is 9.47 Å². The largest absolute Gasteiger partial charge is 0.349 e. The number of fused-ring (bicyclic) bond motifs is 8. The van der Waals surface area contributed by atoms with E-state index in [1.807, 2.05) is 24.3 Å². The summed E-state index contributed by atoms with van der Waals surface area (Å²) in [5, 5.41) is 0. The molecule has 4 aliphatic carbocycles. The fourth-order valence-corrected chi connectivity index (χ4v) is 13.1. The topological polar surface area (TPSA) is 44.3 Å². The van der Waals surface area contributed by atoms with Crippen LogP contribution in [0.15, 0.2) is 58.8 Å². The van der Waals surface area contributed by atoms with Crippen molar-refractivity contribution in [3.8, 4) is 0 Å². The average molecular weight is 741 g/mol. The Morgan fingerprint density at radius 1 is 1.02 bits per heavy atom. The monoisotopic (exact) mass is 739 g/mol. The predicted octanol–water partition coefficient (Wildman–Crippen LogP) is 10.1. The molecule has 0 N–H and O–H groups in total. The van der Waals surface area contributed by atoms with Gasteiger partial charge in [-0.1, -0.05) is 67.4 Å². The zero-order chi connectivity index (χ0) is 34.7. The molecule has 0 bridgehead atoms. The van der Waals surface area contributed by atoms with Crippen molar-refractivity contribution in [2.75, 3.05) is 6.61 Å². The molecule has 1 spiro atoms.